The van der Waals surface area contributed by atoms with E-state index in [-0.39, 0.29) is 11.3 Å². The fraction of sp³-hybridized carbons (Fsp3) is 0.364. The first-order valence-electron chi connectivity index (χ1n) is 4.41. The van der Waals surface area contributed by atoms with E-state index in [1.54, 1.807) is 12.1 Å². The van der Waals surface area contributed by atoms with Crippen LogP contribution in [-0.4, -0.2) is 12.2 Å². The lowest BCUT2D eigenvalue weighted by Crippen LogP contribution is -1.93. The lowest BCUT2D eigenvalue weighted by molar-refractivity contribution is 0.372. The van der Waals surface area contributed by atoms with Crippen molar-refractivity contribution in [2.75, 3.05) is 7.11 Å². The van der Waals surface area contributed by atoms with E-state index in [2.05, 4.69) is 0 Å². The number of phenols is 1. The Morgan fingerprint density at radius 2 is 2.07 bits per heavy atom. The molecule has 1 N–H and O–H groups in total. The van der Waals surface area contributed by atoms with E-state index in [4.69, 9.17) is 10.00 Å². The third-order valence-electron chi connectivity index (χ3n) is 2.10. The fourth-order valence-corrected chi connectivity index (χ4v) is 1.20. The number of aromatic hydroxyl groups is 1. The van der Waals surface area contributed by atoms with E-state index in [1.807, 2.05) is 19.9 Å². The van der Waals surface area contributed by atoms with Crippen molar-refractivity contribution in [2.24, 2.45) is 0 Å². The molecule has 0 amide bonds. The predicted molar refractivity (Wildman–Crippen MR) is 53.5 cm³/mol. The molecule has 1 aromatic carbocycles. The second kappa shape index (κ2) is 4.01. The first-order valence-corrected chi connectivity index (χ1v) is 4.41. The standard InChI is InChI=1S/C11H13NO2/c1-7(2)8-4-9(6-12)11(13)10(5-8)14-3/h4-5,7,13H,1-3H3. The van der Waals surface area contributed by atoms with Gasteiger partial charge in [-0.25, -0.2) is 0 Å². The van der Waals surface area contributed by atoms with Gasteiger partial charge < -0.3 is 9.84 Å². The number of nitriles is 1. The molecule has 0 radical (unpaired) electrons. The summed E-state index contributed by atoms with van der Waals surface area (Å²) in [6.07, 6.45) is 0. The number of hydrogen-bond donors (Lipinski definition) is 1. The lowest BCUT2D eigenvalue weighted by Gasteiger charge is -2.10. The average Bonchev–Trinajstić information content (AvgIpc) is 2.17. The van der Waals surface area contributed by atoms with E-state index in [0.717, 1.165) is 5.56 Å². The van der Waals surface area contributed by atoms with Crippen LogP contribution in [0.15, 0.2) is 12.1 Å². The summed E-state index contributed by atoms with van der Waals surface area (Å²) in [5, 5.41) is 18.3. The summed E-state index contributed by atoms with van der Waals surface area (Å²) >= 11 is 0. The maximum atomic E-state index is 9.55. The highest BCUT2D eigenvalue weighted by Crippen LogP contribution is 2.33. The normalized spacial score (nSPS) is 9.93. The van der Waals surface area contributed by atoms with Crippen molar-refractivity contribution in [1.29, 1.82) is 5.26 Å². The second-order valence-electron chi connectivity index (χ2n) is 3.39. The molecule has 0 aromatic heterocycles. The molecule has 74 valence electrons. The summed E-state index contributed by atoms with van der Waals surface area (Å²) < 4.78 is 4.98. The summed E-state index contributed by atoms with van der Waals surface area (Å²) in [7, 11) is 1.47. The van der Waals surface area contributed by atoms with Crippen molar-refractivity contribution >= 4 is 0 Å². The fourth-order valence-electron chi connectivity index (χ4n) is 1.20. The van der Waals surface area contributed by atoms with Gasteiger partial charge in [-0.2, -0.15) is 5.26 Å². The first kappa shape index (κ1) is 10.4. The number of phenolic OH excluding ortho intramolecular Hbond substituents is 1. The van der Waals surface area contributed by atoms with Gasteiger partial charge in [0.2, 0.25) is 0 Å². The second-order valence-corrected chi connectivity index (χ2v) is 3.39. The van der Waals surface area contributed by atoms with Crippen molar-refractivity contribution in [3.8, 4) is 17.6 Å². The zero-order valence-corrected chi connectivity index (χ0v) is 8.53. The number of methoxy groups -OCH3 is 1. The molecule has 3 heteroatoms. The maximum absolute atomic E-state index is 9.55. The van der Waals surface area contributed by atoms with Crippen LogP contribution in [0, 0.1) is 11.3 Å². The van der Waals surface area contributed by atoms with E-state index >= 15 is 0 Å². The van der Waals surface area contributed by atoms with Crippen LogP contribution < -0.4 is 4.74 Å². The van der Waals surface area contributed by atoms with Crippen molar-refractivity contribution in [3.63, 3.8) is 0 Å². The summed E-state index contributed by atoms with van der Waals surface area (Å²) in [6, 6.07) is 5.37. The highest BCUT2D eigenvalue weighted by Gasteiger charge is 2.11. The van der Waals surface area contributed by atoms with E-state index in [9.17, 15) is 5.11 Å². The molecule has 0 aliphatic heterocycles. The highest BCUT2D eigenvalue weighted by atomic mass is 16.5. The third-order valence-corrected chi connectivity index (χ3v) is 2.10. The zero-order chi connectivity index (χ0) is 10.7. The van der Waals surface area contributed by atoms with Crippen molar-refractivity contribution < 1.29 is 9.84 Å². The Morgan fingerprint density at radius 1 is 1.43 bits per heavy atom. The Morgan fingerprint density at radius 3 is 2.50 bits per heavy atom. The Bertz CT molecular complexity index is 378. The molecule has 0 fully saturated rings. The minimum atomic E-state index is -0.0839. The number of benzene rings is 1. The molecule has 0 aliphatic rings. The largest absolute Gasteiger partial charge is 0.503 e. The third kappa shape index (κ3) is 1.80. The Kier molecular flexibility index (Phi) is 2.98. The van der Waals surface area contributed by atoms with E-state index in [0.29, 0.717) is 11.7 Å². The summed E-state index contributed by atoms with van der Waals surface area (Å²) in [5.74, 6) is 0.573. The zero-order valence-electron chi connectivity index (χ0n) is 8.53. The van der Waals surface area contributed by atoms with Crippen LogP contribution in [0.25, 0.3) is 0 Å². The number of hydrogen-bond acceptors (Lipinski definition) is 3. The van der Waals surface area contributed by atoms with Gasteiger partial charge in [0.05, 0.1) is 12.7 Å². The van der Waals surface area contributed by atoms with Crippen LogP contribution >= 0.6 is 0 Å². The van der Waals surface area contributed by atoms with E-state index < -0.39 is 0 Å². The predicted octanol–water partition coefficient (Wildman–Crippen LogP) is 2.40. The van der Waals surface area contributed by atoms with Crippen LogP contribution in [0.4, 0.5) is 0 Å². The van der Waals surface area contributed by atoms with Crippen molar-refractivity contribution in [2.45, 2.75) is 19.8 Å². The molecule has 0 spiro atoms. The van der Waals surface area contributed by atoms with Gasteiger partial charge in [0.25, 0.3) is 0 Å². The molecule has 0 saturated heterocycles. The molecule has 14 heavy (non-hydrogen) atoms. The van der Waals surface area contributed by atoms with Crippen molar-refractivity contribution in [1.82, 2.24) is 0 Å². The summed E-state index contributed by atoms with van der Waals surface area (Å²) in [4.78, 5) is 0. The number of rotatable bonds is 2. The van der Waals surface area contributed by atoms with E-state index in [1.165, 1.54) is 7.11 Å². The molecule has 0 unspecified atom stereocenters. The minimum Gasteiger partial charge on any atom is -0.503 e. The van der Waals surface area contributed by atoms with Gasteiger partial charge in [-0.05, 0) is 23.6 Å². The Balaban J connectivity index is 3.34. The molecule has 0 atom stereocenters. The van der Waals surface area contributed by atoms with Crippen LogP contribution in [0.1, 0.15) is 30.9 Å². The molecule has 0 aliphatic carbocycles. The topological polar surface area (TPSA) is 53.2 Å². The van der Waals surface area contributed by atoms with Gasteiger partial charge in [0.1, 0.15) is 6.07 Å². The van der Waals surface area contributed by atoms with Crippen LogP contribution in [0.2, 0.25) is 0 Å². The Labute approximate surface area is 83.6 Å². The Hall–Kier alpha value is -1.69. The summed E-state index contributed by atoms with van der Waals surface area (Å²) in [5.41, 5.74) is 1.24. The molecule has 3 nitrogen and oxygen atoms in total. The average molecular weight is 191 g/mol. The van der Waals surface area contributed by atoms with Crippen LogP contribution in [0.3, 0.4) is 0 Å². The van der Waals surface area contributed by atoms with Gasteiger partial charge >= 0.3 is 0 Å². The van der Waals surface area contributed by atoms with Gasteiger partial charge in [0.15, 0.2) is 11.5 Å². The number of nitrogens with zero attached hydrogens (tertiary/aromatic N) is 1. The molecule has 0 bridgehead atoms. The number of ether oxygens (including phenoxy) is 1. The molecular formula is C11H13NO2. The first-order chi connectivity index (χ1) is 6.60. The van der Waals surface area contributed by atoms with Gasteiger partial charge in [0, 0.05) is 0 Å². The molecule has 1 aromatic rings. The minimum absolute atomic E-state index is 0.0839. The SMILES string of the molecule is COc1cc(C(C)C)cc(C#N)c1O. The maximum Gasteiger partial charge on any atom is 0.175 e. The van der Waals surface area contributed by atoms with Crippen LogP contribution in [-0.2, 0) is 0 Å². The quantitative estimate of drug-likeness (QED) is 0.780. The van der Waals surface area contributed by atoms with Crippen LogP contribution in [0.5, 0.6) is 11.5 Å². The molecule has 0 saturated carbocycles. The molecular weight excluding hydrogens is 178 g/mol. The summed E-state index contributed by atoms with van der Waals surface area (Å²) in [6.45, 7) is 4.04. The highest BCUT2D eigenvalue weighted by molar-refractivity contribution is 5.54. The van der Waals surface area contributed by atoms with Gasteiger partial charge in [-0.15, -0.1) is 0 Å². The van der Waals surface area contributed by atoms with Crippen molar-refractivity contribution in [3.05, 3.63) is 23.3 Å². The lowest BCUT2D eigenvalue weighted by atomic mass is 10.00. The smallest absolute Gasteiger partial charge is 0.175 e. The monoisotopic (exact) mass is 191 g/mol. The molecule has 0 heterocycles. The van der Waals surface area contributed by atoms with Gasteiger partial charge in [-0.1, -0.05) is 13.8 Å². The molecule has 1 rings (SSSR count). The van der Waals surface area contributed by atoms with Gasteiger partial charge in [-0.3, -0.25) is 0 Å².